The highest BCUT2D eigenvalue weighted by Gasteiger charge is 2.46. The maximum Gasteiger partial charge on any atom is 0.412 e. The third-order valence-corrected chi connectivity index (χ3v) is 4.14. The third kappa shape index (κ3) is 5.59. The monoisotopic (exact) mass is 356 g/mol. The Kier molecular flexibility index (Phi) is 6.21. The Morgan fingerprint density at radius 2 is 1.68 bits per heavy atom. The standard InChI is InChI=1S/C19H36N2O4/c1-17(2,3)13(22)12-11-21(16(23)25-19(7,8)9)15(18(4,5)6)20-14(12)24-10/h12-13,15,22H,11H2,1-10H3/t12-,13-,15-/m0/s1. The van der Waals surface area contributed by atoms with E-state index >= 15 is 0 Å². The van der Waals surface area contributed by atoms with Crippen molar-refractivity contribution in [2.45, 2.75) is 80.2 Å². The molecule has 1 amide bonds. The summed E-state index contributed by atoms with van der Waals surface area (Å²) in [7, 11) is 1.56. The quantitative estimate of drug-likeness (QED) is 0.778. The number of amides is 1. The van der Waals surface area contributed by atoms with Gasteiger partial charge in [0, 0.05) is 12.0 Å². The maximum absolute atomic E-state index is 12.8. The Morgan fingerprint density at radius 1 is 1.16 bits per heavy atom. The van der Waals surface area contributed by atoms with E-state index in [2.05, 4.69) is 4.99 Å². The van der Waals surface area contributed by atoms with Crippen molar-refractivity contribution >= 4 is 12.0 Å². The highest BCUT2D eigenvalue weighted by atomic mass is 16.6. The number of nitrogens with zero attached hydrogens (tertiary/aromatic N) is 2. The Balaban J connectivity index is 3.29. The molecule has 0 saturated heterocycles. The van der Waals surface area contributed by atoms with Crippen LogP contribution >= 0.6 is 0 Å². The SMILES string of the molecule is COC1=N[C@H](C(C)(C)C)N(C(=O)OC(C)(C)C)C[C@H]1[C@H](O)C(C)(C)C. The fourth-order valence-corrected chi connectivity index (χ4v) is 2.87. The second-order valence-corrected chi connectivity index (χ2v) is 9.96. The molecular formula is C19H36N2O4. The number of carbonyl (C=O) groups excluding carboxylic acids is 1. The van der Waals surface area contributed by atoms with E-state index in [4.69, 9.17) is 9.47 Å². The lowest BCUT2D eigenvalue weighted by Gasteiger charge is -2.45. The molecule has 25 heavy (non-hydrogen) atoms. The van der Waals surface area contributed by atoms with Gasteiger partial charge in [0.25, 0.3) is 0 Å². The van der Waals surface area contributed by atoms with E-state index in [1.165, 1.54) is 0 Å². The van der Waals surface area contributed by atoms with Crippen LogP contribution < -0.4 is 0 Å². The minimum atomic E-state index is -0.697. The number of aliphatic imine (C=N–C) groups is 1. The van der Waals surface area contributed by atoms with E-state index in [1.54, 1.807) is 12.0 Å². The zero-order chi connectivity index (χ0) is 19.8. The van der Waals surface area contributed by atoms with Crippen molar-refractivity contribution in [2.24, 2.45) is 21.7 Å². The van der Waals surface area contributed by atoms with Gasteiger partial charge in [0.1, 0.15) is 11.8 Å². The van der Waals surface area contributed by atoms with Crippen LogP contribution in [0.4, 0.5) is 4.79 Å². The Hall–Kier alpha value is -1.30. The van der Waals surface area contributed by atoms with Crippen molar-refractivity contribution in [1.29, 1.82) is 0 Å². The van der Waals surface area contributed by atoms with Gasteiger partial charge in [-0.15, -0.1) is 0 Å². The first-order valence-corrected chi connectivity index (χ1v) is 8.87. The summed E-state index contributed by atoms with van der Waals surface area (Å²) in [6.45, 7) is 17.8. The van der Waals surface area contributed by atoms with Gasteiger partial charge in [-0.3, -0.25) is 4.90 Å². The van der Waals surface area contributed by atoms with Crippen molar-refractivity contribution in [3.05, 3.63) is 0 Å². The molecule has 0 aliphatic carbocycles. The van der Waals surface area contributed by atoms with E-state index in [0.29, 0.717) is 12.4 Å². The van der Waals surface area contributed by atoms with E-state index in [9.17, 15) is 9.90 Å². The summed E-state index contributed by atoms with van der Waals surface area (Å²) in [5.41, 5.74) is -1.25. The molecule has 0 bridgehead atoms. The number of ether oxygens (including phenoxy) is 2. The summed E-state index contributed by atoms with van der Waals surface area (Å²) in [5, 5.41) is 10.8. The van der Waals surface area contributed by atoms with Crippen molar-refractivity contribution in [3.63, 3.8) is 0 Å². The van der Waals surface area contributed by atoms with E-state index in [0.717, 1.165) is 0 Å². The number of hydrogen-bond donors (Lipinski definition) is 1. The second kappa shape index (κ2) is 7.14. The zero-order valence-electron chi connectivity index (χ0n) is 17.5. The molecule has 0 spiro atoms. The number of carbonyl (C=O) groups is 1. The Labute approximate surface area is 152 Å². The van der Waals surface area contributed by atoms with E-state index < -0.39 is 29.9 Å². The van der Waals surface area contributed by atoms with Crippen LogP contribution in [0.3, 0.4) is 0 Å². The van der Waals surface area contributed by atoms with Crippen LogP contribution in [0, 0.1) is 16.7 Å². The lowest BCUT2D eigenvalue weighted by atomic mass is 9.79. The fourth-order valence-electron chi connectivity index (χ4n) is 2.87. The molecule has 0 unspecified atom stereocenters. The maximum atomic E-state index is 12.8. The molecule has 0 aromatic heterocycles. The molecule has 146 valence electrons. The van der Waals surface area contributed by atoms with Gasteiger partial charge in [-0.1, -0.05) is 41.5 Å². The number of aliphatic hydroxyl groups is 1. The molecule has 0 fully saturated rings. The Bertz CT molecular complexity index is 509. The number of rotatable bonds is 1. The lowest BCUT2D eigenvalue weighted by Crippen LogP contribution is -2.57. The molecule has 6 nitrogen and oxygen atoms in total. The average molecular weight is 357 g/mol. The molecule has 0 aromatic carbocycles. The van der Waals surface area contributed by atoms with Crippen molar-refractivity contribution < 1.29 is 19.4 Å². The summed E-state index contributed by atoms with van der Waals surface area (Å²) in [4.78, 5) is 19.1. The zero-order valence-corrected chi connectivity index (χ0v) is 17.5. The average Bonchev–Trinajstić information content (AvgIpc) is 2.41. The smallest absolute Gasteiger partial charge is 0.412 e. The van der Waals surface area contributed by atoms with Crippen molar-refractivity contribution in [1.82, 2.24) is 4.90 Å². The summed E-state index contributed by atoms with van der Waals surface area (Å²) in [6.07, 6.45) is -1.53. The van der Waals surface area contributed by atoms with Crippen LogP contribution in [-0.2, 0) is 9.47 Å². The number of aliphatic hydroxyl groups excluding tert-OH is 1. The van der Waals surface area contributed by atoms with Gasteiger partial charge < -0.3 is 14.6 Å². The van der Waals surface area contributed by atoms with Crippen LogP contribution in [0.5, 0.6) is 0 Å². The van der Waals surface area contributed by atoms with Crippen molar-refractivity contribution in [3.8, 4) is 0 Å². The summed E-state index contributed by atoms with van der Waals surface area (Å²) in [5.74, 6) is 0.0956. The fraction of sp³-hybridized carbons (Fsp3) is 0.895. The molecule has 1 rings (SSSR count). The second-order valence-electron chi connectivity index (χ2n) is 9.96. The summed E-state index contributed by atoms with van der Waals surface area (Å²) < 4.78 is 11.1. The van der Waals surface area contributed by atoms with Gasteiger partial charge in [-0.25, -0.2) is 9.79 Å². The summed E-state index contributed by atoms with van der Waals surface area (Å²) >= 11 is 0. The molecule has 1 N–H and O–H groups in total. The van der Waals surface area contributed by atoms with Gasteiger partial charge in [-0.2, -0.15) is 0 Å². The van der Waals surface area contributed by atoms with Crippen LogP contribution in [0.1, 0.15) is 62.3 Å². The first-order valence-electron chi connectivity index (χ1n) is 8.87. The minimum absolute atomic E-state index is 0.293. The van der Waals surface area contributed by atoms with Gasteiger partial charge in [-0.05, 0) is 26.2 Å². The molecule has 1 aliphatic heterocycles. The van der Waals surface area contributed by atoms with E-state index in [1.807, 2.05) is 62.3 Å². The summed E-state index contributed by atoms with van der Waals surface area (Å²) in [6, 6.07) is 0. The van der Waals surface area contributed by atoms with E-state index in [-0.39, 0.29) is 10.8 Å². The highest BCUT2D eigenvalue weighted by Crippen LogP contribution is 2.35. The normalized spacial score (nSPS) is 23.8. The number of methoxy groups -OCH3 is 1. The lowest BCUT2D eigenvalue weighted by molar-refractivity contribution is -0.0282. The number of hydrogen-bond acceptors (Lipinski definition) is 5. The molecule has 0 aromatic rings. The van der Waals surface area contributed by atoms with Crippen LogP contribution in [0.15, 0.2) is 4.99 Å². The predicted molar refractivity (Wildman–Crippen MR) is 99.6 cm³/mol. The topological polar surface area (TPSA) is 71.4 Å². The molecule has 6 heteroatoms. The minimum Gasteiger partial charge on any atom is -0.484 e. The van der Waals surface area contributed by atoms with Gasteiger partial charge in [0.15, 0.2) is 5.90 Å². The molecule has 0 saturated carbocycles. The first-order chi connectivity index (χ1) is 11.1. The van der Waals surface area contributed by atoms with Crippen LogP contribution in [0.25, 0.3) is 0 Å². The molecular weight excluding hydrogens is 320 g/mol. The highest BCUT2D eigenvalue weighted by molar-refractivity contribution is 5.82. The van der Waals surface area contributed by atoms with Crippen molar-refractivity contribution in [2.75, 3.05) is 13.7 Å². The Morgan fingerprint density at radius 3 is 2.04 bits per heavy atom. The first kappa shape index (κ1) is 21.7. The van der Waals surface area contributed by atoms with Crippen LogP contribution in [-0.4, -0.2) is 53.5 Å². The largest absolute Gasteiger partial charge is 0.484 e. The van der Waals surface area contributed by atoms with Gasteiger partial charge in [0.2, 0.25) is 0 Å². The molecule has 1 heterocycles. The van der Waals surface area contributed by atoms with Gasteiger partial charge in [0.05, 0.1) is 19.1 Å². The predicted octanol–water partition coefficient (Wildman–Crippen LogP) is 3.68. The molecule has 3 atom stereocenters. The van der Waals surface area contributed by atoms with Crippen LogP contribution in [0.2, 0.25) is 0 Å². The molecule has 0 radical (unpaired) electrons. The molecule has 1 aliphatic rings. The van der Waals surface area contributed by atoms with Gasteiger partial charge >= 0.3 is 6.09 Å². The third-order valence-electron chi connectivity index (χ3n) is 4.14.